The van der Waals surface area contributed by atoms with E-state index in [0.29, 0.717) is 12.2 Å². The molecule has 0 amide bonds. The standard InChI is InChI=1S/C22H25N3O3/c1-14-21(16-7-10-18(11-8-16)25(2)3)24-22(23-14)17-6-5-15(9-12-20(26)27)19(13-17)28-4/h5-8,10-11,13H,9,12H2,1-4H3,(H,23,24)(H,26,27). The fourth-order valence-electron chi connectivity index (χ4n) is 3.14. The van der Waals surface area contributed by atoms with Crippen LogP contribution in [0.1, 0.15) is 17.7 Å². The van der Waals surface area contributed by atoms with Crippen molar-refractivity contribution >= 4 is 11.7 Å². The monoisotopic (exact) mass is 379 g/mol. The maximum Gasteiger partial charge on any atom is 0.303 e. The molecular formula is C22H25N3O3. The Morgan fingerprint density at radius 3 is 2.43 bits per heavy atom. The SMILES string of the molecule is COc1cc(-c2nc(-c3ccc(N(C)C)cc3)c(C)[nH]2)ccc1CCC(=O)O. The first-order valence-electron chi connectivity index (χ1n) is 9.12. The first-order chi connectivity index (χ1) is 13.4. The van der Waals surface area contributed by atoms with Gasteiger partial charge in [-0.3, -0.25) is 4.79 Å². The molecule has 0 unspecified atom stereocenters. The largest absolute Gasteiger partial charge is 0.496 e. The first kappa shape index (κ1) is 19.5. The van der Waals surface area contributed by atoms with Crippen molar-refractivity contribution in [3.63, 3.8) is 0 Å². The van der Waals surface area contributed by atoms with Crippen LogP contribution in [0.4, 0.5) is 5.69 Å². The molecule has 0 saturated heterocycles. The van der Waals surface area contributed by atoms with Gasteiger partial charge in [-0.2, -0.15) is 0 Å². The molecule has 1 aromatic heterocycles. The molecular weight excluding hydrogens is 354 g/mol. The van der Waals surface area contributed by atoms with Crippen LogP contribution in [0, 0.1) is 6.92 Å². The number of carbonyl (C=O) groups is 1. The third-order valence-electron chi connectivity index (χ3n) is 4.71. The minimum absolute atomic E-state index is 0.0721. The predicted molar refractivity (Wildman–Crippen MR) is 111 cm³/mol. The number of hydrogen-bond donors (Lipinski definition) is 2. The van der Waals surface area contributed by atoms with Crippen LogP contribution in [-0.4, -0.2) is 42.2 Å². The molecule has 28 heavy (non-hydrogen) atoms. The highest BCUT2D eigenvalue weighted by molar-refractivity contribution is 5.70. The smallest absolute Gasteiger partial charge is 0.303 e. The number of anilines is 1. The van der Waals surface area contributed by atoms with Gasteiger partial charge < -0.3 is 19.7 Å². The number of carboxylic acids is 1. The number of hydrogen-bond acceptors (Lipinski definition) is 4. The number of aromatic amines is 1. The molecule has 3 aromatic rings. The molecule has 3 rings (SSSR count). The maximum absolute atomic E-state index is 10.8. The van der Waals surface area contributed by atoms with Crippen molar-refractivity contribution in [3.8, 4) is 28.4 Å². The summed E-state index contributed by atoms with van der Waals surface area (Å²) in [6.45, 7) is 2.00. The lowest BCUT2D eigenvalue weighted by Crippen LogP contribution is -2.07. The minimum Gasteiger partial charge on any atom is -0.496 e. The van der Waals surface area contributed by atoms with E-state index in [1.807, 2.05) is 39.2 Å². The van der Waals surface area contributed by atoms with Gasteiger partial charge in [0.1, 0.15) is 11.6 Å². The van der Waals surface area contributed by atoms with E-state index in [-0.39, 0.29) is 6.42 Å². The number of aliphatic carboxylic acids is 1. The lowest BCUT2D eigenvalue weighted by molar-refractivity contribution is -0.136. The third-order valence-corrected chi connectivity index (χ3v) is 4.71. The highest BCUT2D eigenvalue weighted by Crippen LogP contribution is 2.30. The van der Waals surface area contributed by atoms with E-state index in [0.717, 1.165) is 39.6 Å². The molecule has 0 aliphatic carbocycles. The van der Waals surface area contributed by atoms with Gasteiger partial charge in [0.05, 0.1) is 12.8 Å². The van der Waals surface area contributed by atoms with Crippen LogP contribution in [-0.2, 0) is 11.2 Å². The zero-order valence-electron chi connectivity index (χ0n) is 16.6. The molecule has 0 atom stereocenters. The van der Waals surface area contributed by atoms with Crippen LogP contribution >= 0.6 is 0 Å². The lowest BCUT2D eigenvalue weighted by Gasteiger charge is -2.12. The zero-order valence-corrected chi connectivity index (χ0v) is 16.6. The van der Waals surface area contributed by atoms with Crippen molar-refractivity contribution in [2.75, 3.05) is 26.1 Å². The van der Waals surface area contributed by atoms with Crippen molar-refractivity contribution in [1.29, 1.82) is 0 Å². The van der Waals surface area contributed by atoms with E-state index in [4.69, 9.17) is 14.8 Å². The van der Waals surface area contributed by atoms with Gasteiger partial charge in [0, 0.05) is 43.0 Å². The second-order valence-electron chi connectivity index (χ2n) is 6.92. The van der Waals surface area contributed by atoms with Crippen LogP contribution in [0.2, 0.25) is 0 Å². The van der Waals surface area contributed by atoms with Crippen molar-refractivity contribution in [2.45, 2.75) is 19.8 Å². The van der Waals surface area contributed by atoms with Crippen molar-refractivity contribution in [2.24, 2.45) is 0 Å². The predicted octanol–water partition coefficient (Wildman–Crippen LogP) is 4.14. The molecule has 2 N–H and O–H groups in total. The van der Waals surface area contributed by atoms with Gasteiger partial charge in [0.25, 0.3) is 0 Å². The van der Waals surface area contributed by atoms with Crippen molar-refractivity contribution in [1.82, 2.24) is 9.97 Å². The van der Waals surface area contributed by atoms with E-state index in [1.54, 1.807) is 7.11 Å². The number of benzene rings is 2. The average Bonchev–Trinajstić information content (AvgIpc) is 3.07. The van der Waals surface area contributed by atoms with E-state index in [9.17, 15) is 4.79 Å². The fraction of sp³-hybridized carbons (Fsp3) is 0.273. The third kappa shape index (κ3) is 4.17. The quantitative estimate of drug-likeness (QED) is 0.645. The van der Waals surface area contributed by atoms with Gasteiger partial charge in [-0.05, 0) is 37.1 Å². The number of aryl methyl sites for hydroxylation is 2. The minimum atomic E-state index is -0.822. The zero-order chi connectivity index (χ0) is 20.3. The molecule has 0 saturated carbocycles. The van der Waals surface area contributed by atoms with E-state index < -0.39 is 5.97 Å². The molecule has 0 spiro atoms. The fourth-order valence-corrected chi connectivity index (χ4v) is 3.14. The molecule has 2 aromatic carbocycles. The average molecular weight is 379 g/mol. The van der Waals surface area contributed by atoms with Crippen molar-refractivity contribution in [3.05, 3.63) is 53.7 Å². The number of methoxy groups -OCH3 is 1. The molecule has 0 aliphatic heterocycles. The Balaban J connectivity index is 1.90. The van der Waals surface area contributed by atoms with E-state index in [1.165, 1.54) is 0 Å². The summed E-state index contributed by atoms with van der Waals surface area (Å²) in [6, 6.07) is 14.0. The van der Waals surface area contributed by atoms with Gasteiger partial charge >= 0.3 is 5.97 Å². The number of ether oxygens (including phenoxy) is 1. The number of aromatic nitrogens is 2. The number of H-pyrrole nitrogens is 1. The van der Waals surface area contributed by atoms with Crippen LogP contribution in [0.5, 0.6) is 5.75 Å². The van der Waals surface area contributed by atoms with Crippen molar-refractivity contribution < 1.29 is 14.6 Å². The number of nitrogens with zero attached hydrogens (tertiary/aromatic N) is 2. The van der Waals surface area contributed by atoms with Crippen LogP contribution in [0.15, 0.2) is 42.5 Å². The summed E-state index contributed by atoms with van der Waals surface area (Å²) in [4.78, 5) is 21.0. The van der Waals surface area contributed by atoms with Gasteiger partial charge in [-0.25, -0.2) is 4.98 Å². The number of nitrogens with one attached hydrogen (secondary N) is 1. The molecule has 1 heterocycles. The number of imidazole rings is 1. The Kier molecular flexibility index (Phi) is 5.68. The highest BCUT2D eigenvalue weighted by Gasteiger charge is 2.13. The molecule has 0 bridgehead atoms. The first-order valence-corrected chi connectivity index (χ1v) is 9.12. The molecule has 6 heteroatoms. The van der Waals surface area contributed by atoms with Gasteiger partial charge in [0.2, 0.25) is 0 Å². The molecule has 6 nitrogen and oxygen atoms in total. The second-order valence-corrected chi connectivity index (χ2v) is 6.92. The molecule has 0 aliphatic rings. The Bertz CT molecular complexity index is 975. The summed E-state index contributed by atoms with van der Waals surface area (Å²) < 4.78 is 5.46. The van der Waals surface area contributed by atoms with E-state index in [2.05, 4.69) is 34.1 Å². The number of carboxylic acid groups (broad SMARTS) is 1. The summed E-state index contributed by atoms with van der Waals surface area (Å²) in [7, 11) is 5.62. The second kappa shape index (κ2) is 8.17. The summed E-state index contributed by atoms with van der Waals surface area (Å²) in [5.74, 6) is 0.606. The Morgan fingerprint density at radius 1 is 1.14 bits per heavy atom. The summed E-state index contributed by atoms with van der Waals surface area (Å²) in [5, 5.41) is 8.90. The normalized spacial score (nSPS) is 10.7. The summed E-state index contributed by atoms with van der Waals surface area (Å²) in [5.41, 5.74) is 5.86. The Labute approximate surface area is 164 Å². The van der Waals surface area contributed by atoms with Gasteiger partial charge in [-0.1, -0.05) is 24.3 Å². The molecule has 0 fully saturated rings. The van der Waals surface area contributed by atoms with Crippen LogP contribution in [0.25, 0.3) is 22.6 Å². The van der Waals surface area contributed by atoms with Gasteiger partial charge in [-0.15, -0.1) is 0 Å². The summed E-state index contributed by atoms with van der Waals surface area (Å²) in [6.07, 6.45) is 0.502. The van der Waals surface area contributed by atoms with Crippen LogP contribution in [0.3, 0.4) is 0 Å². The van der Waals surface area contributed by atoms with Gasteiger partial charge in [0.15, 0.2) is 0 Å². The molecule has 146 valence electrons. The van der Waals surface area contributed by atoms with E-state index >= 15 is 0 Å². The number of rotatable bonds is 7. The Hall–Kier alpha value is -3.28. The topological polar surface area (TPSA) is 78.5 Å². The molecule has 0 radical (unpaired) electrons. The maximum atomic E-state index is 10.8. The summed E-state index contributed by atoms with van der Waals surface area (Å²) >= 11 is 0. The lowest BCUT2D eigenvalue weighted by atomic mass is 10.1. The Morgan fingerprint density at radius 2 is 1.82 bits per heavy atom. The highest BCUT2D eigenvalue weighted by atomic mass is 16.5. The van der Waals surface area contributed by atoms with Crippen LogP contribution < -0.4 is 9.64 Å².